The summed E-state index contributed by atoms with van der Waals surface area (Å²) in [5.74, 6) is 0.669. The monoisotopic (exact) mass is 227 g/mol. The fourth-order valence-electron chi connectivity index (χ4n) is 1.42. The van der Waals surface area contributed by atoms with Crippen molar-refractivity contribution < 1.29 is 0 Å². The quantitative estimate of drug-likeness (QED) is 0.837. The number of hydrogen-bond acceptors (Lipinski definition) is 4. The van der Waals surface area contributed by atoms with Crippen molar-refractivity contribution in [3.8, 4) is 0 Å². The largest absolute Gasteiger partial charge is 0.325 e. The predicted molar refractivity (Wildman–Crippen MR) is 65.8 cm³/mol. The molecule has 0 aliphatic carbocycles. The first-order valence-corrected chi connectivity index (χ1v) is 6.26. The SMILES string of the molecule is CC(C)C(C)N(C)Cc1csc(CN)n1. The number of aromatic nitrogens is 1. The minimum absolute atomic E-state index is 0.550. The van der Waals surface area contributed by atoms with Gasteiger partial charge in [-0.25, -0.2) is 4.98 Å². The van der Waals surface area contributed by atoms with Crippen LogP contribution >= 0.6 is 11.3 Å². The maximum atomic E-state index is 5.54. The Hall–Kier alpha value is -0.450. The van der Waals surface area contributed by atoms with E-state index in [1.165, 1.54) is 0 Å². The third kappa shape index (κ3) is 3.55. The number of hydrogen-bond donors (Lipinski definition) is 1. The molecule has 15 heavy (non-hydrogen) atoms. The molecule has 4 heteroatoms. The maximum Gasteiger partial charge on any atom is 0.106 e. The van der Waals surface area contributed by atoms with Crippen molar-refractivity contribution in [1.29, 1.82) is 0 Å². The second kappa shape index (κ2) is 5.58. The molecule has 0 spiro atoms. The van der Waals surface area contributed by atoms with Gasteiger partial charge in [0.25, 0.3) is 0 Å². The second-order valence-corrected chi connectivity index (χ2v) is 5.28. The molecule has 0 radical (unpaired) electrons. The van der Waals surface area contributed by atoms with Crippen LogP contribution in [-0.2, 0) is 13.1 Å². The Bertz CT molecular complexity index is 296. The summed E-state index contributed by atoms with van der Waals surface area (Å²) in [6.45, 7) is 8.20. The van der Waals surface area contributed by atoms with Gasteiger partial charge in [0.2, 0.25) is 0 Å². The van der Waals surface area contributed by atoms with Gasteiger partial charge in [0, 0.05) is 24.5 Å². The van der Waals surface area contributed by atoms with Gasteiger partial charge in [-0.15, -0.1) is 11.3 Å². The van der Waals surface area contributed by atoms with E-state index in [4.69, 9.17) is 5.73 Å². The molecular formula is C11H21N3S. The van der Waals surface area contributed by atoms with Gasteiger partial charge >= 0.3 is 0 Å². The molecule has 1 aromatic heterocycles. The highest BCUT2D eigenvalue weighted by molar-refractivity contribution is 7.09. The van der Waals surface area contributed by atoms with Crippen LogP contribution in [0.5, 0.6) is 0 Å². The highest BCUT2D eigenvalue weighted by Gasteiger charge is 2.14. The first-order chi connectivity index (χ1) is 7.04. The Labute approximate surface area is 96.3 Å². The summed E-state index contributed by atoms with van der Waals surface area (Å²) in [5.41, 5.74) is 6.67. The molecule has 0 bridgehead atoms. The smallest absolute Gasteiger partial charge is 0.106 e. The zero-order valence-corrected chi connectivity index (χ0v) is 10.8. The summed E-state index contributed by atoms with van der Waals surface area (Å²) < 4.78 is 0. The van der Waals surface area contributed by atoms with Gasteiger partial charge in [0.15, 0.2) is 0 Å². The molecule has 1 unspecified atom stereocenters. The second-order valence-electron chi connectivity index (χ2n) is 4.34. The molecule has 2 N–H and O–H groups in total. The molecule has 1 heterocycles. The van der Waals surface area contributed by atoms with Crippen LogP contribution in [0.1, 0.15) is 31.5 Å². The fraction of sp³-hybridized carbons (Fsp3) is 0.727. The summed E-state index contributed by atoms with van der Waals surface area (Å²) in [7, 11) is 2.14. The van der Waals surface area contributed by atoms with Gasteiger partial charge in [0.05, 0.1) is 5.69 Å². The van der Waals surface area contributed by atoms with Gasteiger partial charge in [-0.05, 0) is 19.9 Å². The molecule has 0 saturated carbocycles. The zero-order valence-electron chi connectivity index (χ0n) is 10.0. The lowest BCUT2D eigenvalue weighted by molar-refractivity contribution is 0.198. The van der Waals surface area contributed by atoms with E-state index in [1.54, 1.807) is 11.3 Å². The van der Waals surface area contributed by atoms with Crippen LogP contribution in [0.25, 0.3) is 0 Å². The number of rotatable bonds is 5. The van der Waals surface area contributed by atoms with Crippen molar-refractivity contribution in [2.75, 3.05) is 7.05 Å². The minimum Gasteiger partial charge on any atom is -0.325 e. The summed E-state index contributed by atoms with van der Waals surface area (Å²) in [6, 6.07) is 0.577. The van der Waals surface area contributed by atoms with Gasteiger partial charge in [-0.2, -0.15) is 0 Å². The lowest BCUT2D eigenvalue weighted by Gasteiger charge is -2.26. The Morgan fingerprint density at radius 1 is 1.47 bits per heavy atom. The molecule has 0 fully saturated rings. The van der Waals surface area contributed by atoms with Gasteiger partial charge in [-0.1, -0.05) is 13.8 Å². The van der Waals surface area contributed by atoms with E-state index in [0.717, 1.165) is 17.2 Å². The summed E-state index contributed by atoms with van der Waals surface area (Å²) in [4.78, 5) is 6.80. The van der Waals surface area contributed by atoms with E-state index < -0.39 is 0 Å². The Morgan fingerprint density at radius 2 is 2.13 bits per heavy atom. The van der Waals surface area contributed by atoms with Crippen molar-refractivity contribution in [2.24, 2.45) is 11.7 Å². The Morgan fingerprint density at radius 3 is 2.60 bits per heavy atom. The van der Waals surface area contributed by atoms with Gasteiger partial charge in [-0.3, -0.25) is 4.90 Å². The molecule has 1 atom stereocenters. The van der Waals surface area contributed by atoms with Crippen molar-refractivity contribution in [2.45, 2.75) is 39.9 Å². The molecule has 0 aliphatic heterocycles. The van der Waals surface area contributed by atoms with Crippen LogP contribution in [-0.4, -0.2) is 23.0 Å². The number of thiazole rings is 1. The first kappa shape index (κ1) is 12.6. The summed E-state index contributed by atoms with van der Waals surface area (Å²) in [6.07, 6.45) is 0. The van der Waals surface area contributed by atoms with Crippen LogP contribution in [0.4, 0.5) is 0 Å². The third-order valence-electron chi connectivity index (χ3n) is 2.85. The van der Waals surface area contributed by atoms with Crippen molar-refractivity contribution in [3.63, 3.8) is 0 Å². The highest BCUT2D eigenvalue weighted by Crippen LogP contribution is 2.14. The van der Waals surface area contributed by atoms with E-state index in [0.29, 0.717) is 18.5 Å². The van der Waals surface area contributed by atoms with E-state index >= 15 is 0 Å². The van der Waals surface area contributed by atoms with Crippen LogP contribution in [0.2, 0.25) is 0 Å². The summed E-state index contributed by atoms with van der Waals surface area (Å²) in [5, 5.41) is 3.13. The zero-order chi connectivity index (χ0) is 11.4. The molecule has 3 nitrogen and oxygen atoms in total. The minimum atomic E-state index is 0.550. The molecule has 1 aromatic rings. The number of nitrogens with two attached hydrogens (primary N) is 1. The molecule has 86 valence electrons. The van der Waals surface area contributed by atoms with E-state index in [1.807, 2.05) is 0 Å². The highest BCUT2D eigenvalue weighted by atomic mass is 32.1. The normalized spacial score (nSPS) is 13.8. The Kier molecular flexibility index (Phi) is 4.70. The standard InChI is InChI=1S/C11H21N3S/c1-8(2)9(3)14(4)6-10-7-15-11(5-12)13-10/h7-9H,5-6,12H2,1-4H3. The van der Waals surface area contributed by atoms with Gasteiger partial charge in [0.1, 0.15) is 5.01 Å². The van der Waals surface area contributed by atoms with E-state index in [9.17, 15) is 0 Å². The van der Waals surface area contributed by atoms with Crippen LogP contribution in [0.15, 0.2) is 5.38 Å². The molecule has 0 aliphatic rings. The van der Waals surface area contributed by atoms with Crippen LogP contribution < -0.4 is 5.73 Å². The van der Waals surface area contributed by atoms with Crippen LogP contribution in [0.3, 0.4) is 0 Å². The third-order valence-corrected chi connectivity index (χ3v) is 3.77. The van der Waals surface area contributed by atoms with Gasteiger partial charge < -0.3 is 5.73 Å². The van der Waals surface area contributed by atoms with E-state index in [2.05, 4.69) is 43.1 Å². The molecule has 0 amide bonds. The Balaban J connectivity index is 2.54. The molecule has 0 aromatic carbocycles. The summed E-state index contributed by atoms with van der Waals surface area (Å²) >= 11 is 1.65. The lowest BCUT2D eigenvalue weighted by atomic mass is 10.1. The van der Waals surface area contributed by atoms with Crippen molar-refractivity contribution in [1.82, 2.24) is 9.88 Å². The molecular weight excluding hydrogens is 206 g/mol. The van der Waals surface area contributed by atoms with Crippen molar-refractivity contribution in [3.05, 3.63) is 16.1 Å². The lowest BCUT2D eigenvalue weighted by Crippen LogP contribution is -2.32. The van der Waals surface area contributed by atoms with Crippen molar-refractivity contribution >= 4 is 11.3 Å². The maximum absolute atomic E-state index is 5.54. The predicted octanol–water partition coefficient (Wildman–Crippen LogP) is 2.08. The average Bonchev–Trinajstić information content (AvgIpc) is 2.64. The fourth-order valence-corrected chi connectivity index (χ4v) is 2.09. The number of nitrogens with zero attached hydrogens (tertiary/aromatic N) is 2. The molecule has 1 rings (SSSR count). The van der Waals surface area contributed by atoms with E-state index in [-0.39, 0.29) is 0 Å². The average molecular weight is 227 g/mol. The first-order valence-electron chi connectivity index (χ1n) is 5.38. The van der Waals surface area contributed by atoms with Crippen LogP contribution in [0, 0.1) is 5.92 Å². The topological polar surface area (TPSA) is 42.1 Å². The molecule has 0 saturated heterocycles.